The van der Waals surface area contributed by atoms with Crippen molar-refractivity contribution in [3.05, 3.63) is 18.3 Å². The van der Waals surface area contributed by atoms with Crippen LogP contribution in [0, 0.1) is 0 Å². The second-order valence-corrected chi connectivity index (χ2v) is 5.66. The number of pyridine rings is 1. The Morgan fingerprint density at radius 2 is 2.09 bits per heavy atom. The summed E-state index contributed by atoms with van der Waals surface area (Å²) in [5, 5.41) is 2.76. The molecule has 23 heavy (non-hydrogen) atoms. The van der Waals surface area contributed by atoms with Gasteiger partial charge < -0.3 is 24.4 Å². The summed E-state index contributed by atoms with van der Waals surface area (Å²) in [6.07, 6.45) is 2.03. The summed E-state index contributed by atoms with van der Waals surface area (Å²) in [7, 11) is 1.59. The fourth-order valence-corrected chi connectivity index (χ4v) is 2.52. The van der Waals surface area contributed by atoms with Crippen LogP contribution in [0.1, 0.15) is 13.8 Å². The highest BCUT2D eigenvalue weighted by Crippen LogP contribution is 2.19. The van der Waals surface area contributed by atoms with Crippen molar-refractivity contribution in [2.24, 2.45) is 0 Å². The van der Waals surface area contributed by atoms with E-state index in [-0.39, 0.29) is 24.7 Å². The molecule has 2 heterocycles. The van der Waals surface area contributed by atoms with E-state index in [4.69, 9.17) is 14.2 Å². The third-order valence-corrected chi connectivity index (χ3v) is 3.44. The van der Waals surface area contributed by atoms with Gasteiger partial charge in [0.1, 0.15) is 12.4 Å². The van der Waals surface area contributed by atoms with E-state index in [1.807, 2.05) is 12.1 Å². The molecule has 0 aromatic carbocycles. The highest BCUT2D eigenvalue weighted by molar-refractivity contribution is 5.91. The number of rotatable bonds is 7. The van der Waals surface area contributed by atoms with Crippen LogP contribution in [0.4, 0.5) is 11.5 Å². The van der Waals surface area contributed by atoms with Crippen LogP contribution in [0.25, 0.3) is 0 Å². The Hall–Kier alpha value is -1.70. The van der Waals surface area contributed by atoms with Gasteiger partial charge in [-0.15, -0.1) is 0 Å². The number of anilines is 2. The van der Waals surface area contributed by atoms with Crippen molar-refractivity contribution in [3.63, 3.8) is 0 Å². The smallest absolute Gasteiger partial charge is 0.250 e. The van der Waals surface area contributed by atoms with Crippen LogP contribution in [0.2, 0.25) is 0 Å². The lowest BCUT2D eigenvalue weighted by molar-refractivity contribution is -0.121. The van der Waals surface area contributed by atoms with Crippen LogP contribution in [0.5, 0.6) is 0 Å². The molecule has 0 aliphatic carbocycles. The summed E-state index contributed by atoms with van der Waals surface area (Å²) in [6, 6.07) is 3.76. The molecule has 1 aromatic rings. The van der Waals surface area contributed by atoms with E-state index in [0.717, 1.165) is 18.9 Å². The van der Waals surface area contributed by atoms with Crippen molar-refractivity contribution in [2.45, 2.75) is 26.1 Å². The van der Waals surface area contributed by atoms with Crippen molar-refractivity contribution in [3.8, 4) is 0 Å². The molecule has 0 spiro atoms. The highest BCUT2D eigenvalue weighted by Gasteiger charge is 2.22. The van der Waals surface area contributed by atoms with Crippen molar-refractivity contribution in [2.75, 3.05) is 50.2 Å². The molecule has 7 nitrogen and oxygen atoms in total. The Kier molecular flexibility index (Phi) is 6.76. The van der Waals surface area contributed by atoms with Crippen molar-refractivity contribution >= 4 is 17.4 Å². The normalized spacial score (nSPS) is 21.3. The molecular formula is C16H25N3O4. The molecule has 0 radical (unpaired) electrons. The number of nitrogens with one attached hydrogen (secondary N) is 1. The molecule has 0 saturated carbocycles. The summed E-state index contributed by atoms with van der Waals surface area (Å²) < 4.78 is 15.7. The largest absolute Gasteiger partial charge is 0.382 e. The van der Waals surface area contributed by atoms with Gasteiger partial charge in [0.25, 0.3) is 0 Å². The number of aromatic nitrogens is 1. The molecule has 1 aliphatic rings. The van der Waals surface area contributed by atoms with Crippen LogP contribution in [0.3, 0.4) is 0 Å². The topological polar surface area (TPSA) is 72.9 Å². The summed E-state index contributed by atoms with van der Waals surface area (Å²) in [5.74, 6) is 0.686. The molecule has 1 saturated heterocycles. The van der Waals surface area contributed by atoms with Crippen molar-refractivity contribution < 1.29 is 19.0 Å². The van der Waals surface area contributed by atoms with Crippen LogP contribution < -0.4 is 10.2 Å². The fourth-order valence-electron chi connectivity index (χ4n) is 2.52. The number of nitrogens with zero attached hydrogens (tertiary/aromatic N) is 2. The van der Waals surface area contributed by atoms with Gasteiger partial charge in [-0.2, -0.15) is 0 Å². The van der Waals surface area contributed by atoms with Gasteiger partial charge in [-0.1, -0.05) is 0 Å². The monoisotopic (exact) mass is 323 g/mol. The first kappa shape index (κ1) is 17.7. The van der Waals surface area contributed by atoms with Gasteiger partial charge >= 0.3 is 0 Å². The van der Waals surface area contributed by atoms with Gasteiger partial charge in [0, 0.05) is 20.2 Å². The minimum atomic E-state index is -0.204. The van der Waals surface area contributed by atoms with Crippen LogP contribution in [-0.4, -0.2) is 63.1 Å². The summed E-state index contributed by atoms with van der Waals surface area (Å²) in [6.45, 7) is 6.62. The predicted octanol–water partition coefficient (Wildman–Crippen LogP) is 1.30. The minimum absolute atomic E-state index is 0.00358. The first-order chi connectivity index (χ1) is 11.1. The molecule has 1 aromatic heterocycles. The molecule has 1 aliphatic heterocycles. The van der Waals surface area contributed by atoms with E-state index >= 15 is 0 Å². The Bertz CT molecular complexity index is 485. The summed E-state index contributed by atoms with van der Waals surface area (Å²) in [4.78, 5) is 18.3. The number of methoxy groups -OCH3 is 1. The number of ether oxygens (including phenoxy) is 3. The Morgan fingerprint density at radius 1 is 1.35 bits per heavy atom. The number of hydrogen-bond donors (Lipinski definition) is 1. The van der Waals surface area contributed by atoms with E-state index in [1.54, 1.807) is 13.3 Å². The SMILES string of the molecule is COCCOCC(=O)Nc1ccc(N2C[C@H](C)O[C@@H](C)C2)nc1. The lowest BCUT2D eigenvalue weighted by atomic mass is 10.2. The quantitative estimate of drug-likeness (QED) is 0.763. The second-order valence-electron chi connectivity index (χ2n) is 5.66. The van der Waals surface area contributed by atoms with Gasteiger partial charge in [0.05, 0.1) is 37.3 Å². The zero-order valence-electron chi connectivity index (χ0n) is 13.9. The van der Waals surface area contributed by atoms with Crippen LogP contribution in [-0.2, 0) is 19.0 Å². The molecule has 2 rings (SSSR count). The van der Waals surface area contributed by atoms with E-state index in [2.05, 4.69) is 29.0 Å². The van der Waals surface area contributed by atoms with Gasteiger partial charge in [0.15, 0.2) is 0 Å². The van der Waals surface area contributed by atoms with Crippen molar-refractivity contribution in [1.29, 1.82) is 0 Å². The minimum Gasteiger partial charge on any atom is -0.382 e. The van der Waals surface area contributed by atoms with Gasteiger partial charge in [-0.05, 0) is 26.0 Å². The number of morpholine rings is 1. The maximum absolute atomic E-state index is 11.7. The zero-order valence-corrected chi connectivity index (χ0v) is 13.9. The lowest BCUT2D eigenvalue weighted by Gasteiger charge is -2.36. The lowest BCUT2D eigenvalue weighted by Crippen LogP contribution is -2.45. The zero-order chi connectivity index (χ0) is 16.7. The average Bonchev–Trinajstić information content (AvgIpc) is 2.51. The maximum atomic E-state index is 11.7. The molecule has 0 bridgehead atoms. The van der Waals surface area contributed by atoms with Crippen LogP contribution in [0.15, 0.2) is 18.3 Å². The Labute approximate surface area is 136 Å². The Morgan fingerprint density at radius 3 is 2.70 bits per heavy atom. The van der Waals surface area contributed by atoms with E-state index in [0.29, 0.717) is 18.9 Å². The molecule has 1 amide bonds. The van der Waals surface area contributed by atoms with Crippen LogP contribution >= 0.6 is 0 Å². The fraction of sp³-hybridized carbons (Fsp3) is 0.625. The second kappa shape index (κ2) is 8.81. The molecule has 0 unspecified atom stereocenters. The first-order valence-corrected chi connectivity index (χ1v) is 7.81. The summed E-state index contributed by atoms with van der Waals surface area (Å²) >= 11 is 0. The van der Waals surface area contributed by atoms with Gasteiger partial charge in [-0.25, -0.2) is 4.98 Å². The third-order valence-electron chi connectivity index (χ3n) is 3.44. The maximum Gasteiger partial charge on any atom is 0.250 e. The third kappa shape index (κ3) is 5.78. The Balaban J connectivity index is 1.83. The molecule has 2 atom stereocenters. The molecule has 128 valence electrons. The predicted molar refractivity (Wildman–Crippen MR) is 87.8 cm³/mol. The number of amides is 1. The number of carbonyl (C=O) groups is 1. The van der Waals surface area contributed by atoms with Gasteiger partial charge in [0.2, 0.25) is 5.91 Å². The summed E-state index contributed by atoms with van der Waals surface area (Å²) in [5.41, 5.74) is 0.656. The number of hydrogen-bond acceptors (Lipinski definition) is 6. The molecule has 1 fully saturated rings. The molecule has 1 N–H and O–H groups in total. The average molecular weight is 323 g/mol. The van der Waals surface area contributed by atoms with Crippen molar-refractivity contribution in [1.82, 2.24) is 4.98 Å². The highest BCUT2D eigenvalue weighted by atomic mass is 16.5. The standard InChI is InChI=1S/C16H25N3O4/c1-12-9-19(10-13(2)23-12)15-5-4-14(8-17-15)18-16(20)11-22-7-6-21-3/h4-5,8,12-13H,6-7,9-11H2,1-3H3,(H,18,20)/t12-,13-/m0/s1. The number of carbonyl (C=O) groups excluding carboxylic acids is 1. The van der Waals surface area contributed by atoms with E-state index < -0.39 is 0 Å². The van der Waals surface area contributed by atoms with E-state index in [1.165, 1.54) is 0 Å². The first-order valence-electron chi connectivity index (χ1n) is 7.81. The van der Waals surface area contributed by atoms with Gasteiger partial charge in [-0.3, -0.25) is 4.79 Å². The molecular weight excluding hydrogens is 298 g/mol. The molecule has 7 heteroatoms. The van der Waals surface area contributed by atoms with E-state index in [9.17, 15) is 4.79 Å².